The van der Waals surface area contributed by atoms with Crippen LogP contribution in [-0.2, 0) is 10.2 Å². The molecule has 1 amide bonds. The Labute approximate surface area is 173 Å². The standard InChI is InChI=1S/C20H30N4O.HI/c1-15-6-3-4-8-17(15)20(9-10-20)14-23-19(22-2)24-11-5-7-16(13-24)12-18(21)25;/h3-4,6,8,16H,5,7,9-14H2,1-2H3,(H2,21,25)(H,22,23);1H. The summed E-state index contributed by atoms with van der Waals surface area (Å²) in [4.78, 5) is 18.0. The second-order valence-electron chi connectivity index (χ2n) is 7.62. The molecule has 1 aromatic rings. The SMILES string of the molecule is CN=C(NCC1(c2ccccc2C)CC1)N1CCCC(CC(N)=O)C1.I. The first-order valence-electron chi connectivity index (χ1n) is 9.34. The molecular formula is C20H31IN4O. The van der Waals surface area contributed by atoms with Crippen LogP contribution in [0.3, 0.4) is 0 Å². The number of hydrogen-bond donors (Lipinski definition) is 2. The van der Waals surface area contributed by atoms with Crippen molar-refractivity contribution >= 4 is 35.8 Å². The second kappa shape index (κ2) is 9.06. The molecule has 1 heterocycles. The summed E-state index contributed by atoms with van der Waals surface area (Å²) in [5, 5.41) is 3.60. The van der Waals surface area contributed by atoms with E-state index in [2.05, 4.69) is 46.4 Å². The van der Waals surface area contributed by atoms with Crippen LogP contribution in [0.1, 0.15) is 43.2 Å². The maximum atomic E-state index is 11.2. The Morgan fingerprint density at radius 1 is 1.38 bits per heavy atom. The Morgan fingerprint density at radius 3 is 2.73 bits per heavy atom. The van der Waals surface area contributed by atoms with Gasteiger partial charge in [-0.2, -0.15) is 0 Å². The molecule has 0 aromatic heterocycles. The zero-order valence-corrected chi connectivity index (χ0v) is 18.2. The van der Waals surface area contributed by atoms with Crippen molar-refractivity contribution in [2.24, 2.45) is 16.6 Å². The van der Waals surface area contributed by atoms with E-state index in [0.717, 1.165) is 38.4 Å². The number of aliphatic imine (C=N–C) groups is 1. The molecule has 1 saturated heterocycles. The van der Waals surface area contributed by atoms with E-state index in [0.29, 0.717) is 12.3 Å². The molecule has 1 atom stereocenters. The maximum Gasteiger partial charge on any atom is 0.217 e. The van der Waals surface area contributed by atoms with Gasteiger partial charge in [-0.15, -0.1) is 24.0 Å². The second-order valence-corrected chi connectivity index (χ2v) is 7.62. The van der Waals surface area contributed by atoms with E-state index in [9.17, 15) is 4.79 Å². The molecule has 3 rings (SSSR count). The highest BCUT2D eigenvalue weighted by atomic mass is 127. The van der Waals surface area contributed by atoms with Crippen molar-refractivity contribution in [1.82, 2.24) is 10.2 Å². The van der Waals surface area contributed by atoms with Gasteiger partial charge >= 0.3 is 0 Å². The Kier molecular flexibility index (Phi) is 7.32. The number of nitrogens with zero attached hydrogens (tertiary/aromatic N) is 2. The molecule has 3 N–H and O–H groups in total. The number of carbonyl (C=O) groups excluding carboxylic acids is 1. The third-order valence-electron chi connectivity index (χ3n) is 5.68. The summed E-state index contributed by atoms with van der Waals surface area (Å²) in [6.45, 7) is 4.97. The highest BCUT2D eigenvalue weighted by molar-refractivity contribution is 14.0. The fraction of sp³-hybridized carbons (Fsp3) is 0.600. The van der Waals surface area contributed by atoms with Gasteiger partial charge in [0.1, 0.15) is 0 Å². The average Bonchev–Trinajstić information content (AvgIpc) is 3.36. The number of likely N-dealkylation sites (tertiary alicyclic amines) is 1. The summed E-state index contributed by atoms with van der Waals surface area (Å²) in [7, 11) is 1.84. The zero-order chi connectivity index (χ0) is 17.9. The van der Waals surface area contributed by atoms with Crippen LogP contribution in [0.25, 0.3) is 0 Å². The number of halogens is 1. The number of hydrogen-bond acceptors (Lipinski definition) is 2. The number of aryl methyl sites for hydroxylation is 1. The lowest BCUT2D eigenvalue weighted by Crippen LogP contribution is -2.48. The highest BCUT2D eigenvalue weighted by Gasteiger charge is 2.45. The molecule has 1 aliphatic carbocycles. The number of amides is 1. The molecule has 0 radical (unpaired) electrons. The van der Waals surface area contributed by atoms with E-state index >= 15 is 0 Å². The first-order valence-corrected chi connectivity index (χ1v) is 9.34. The summed E-state index contributed by atoms with van der Waals surface area (Å²) < 4.78 is 0. The lowest BCUT2D eigenvalue weighted by molar-refractivity contribution is -0.119. The Balaban J connectivity index is 0.00000243. The van der Waals surface area contributed by atoms with Crippen molar-refractivity contribution < 1.29 is 4.79 Å². The maximum absolute atomic E-state index is 11.2. The molecule has 1 aliphatic heterocycles. The van der Waals surface area contributed by atoms with Crippen LogP contribution in [0.5, 0.6) is 0 Å². The highest BCUT2D eigenvalue weighted by Crippen LogP contribution is 2.48. The number of benzene rings is 1. The third kappa shape index (κ3) is 4.90. The van der Waals surface area contributed by atoms with Gasteiger partial charge in [-0.3, -0.25) is 9.79 Å². The number of primary amides is 1. The van der Waals surface area contributed by atoms with Gasteiger partial charge in [0.25, 0.3) is 0 Å². The summed E-state index contributed by atoms with van der Waals surface area (Å²) in [6.07, 6.45) is 5.09. The molecule has 1 saturated carbocycles. The van der Waals surface area contributed by atoms with Gasteiger partial charge in [0.2, 0.25) is 5.91 Å². The van der Waals surface area contributed by atoms with E-state index in [1.165, 1.54) is 24.0 Å². The fourth-order valence-electron chi connectivity index (χ4n) is 4.15. The van der Waals surface area contributed by atoms with Crippen molar-refractivity contribution in [3.63, 3.8) is 0 Å². The molecule has 1 aromatic carbocycles. The number of guanidine groups is 1. The predicted molar refractivity (Wildman–Crippen MR) is 117 cm³/mol. The zero-order valence-electron chi connectivity index (χ0n) is 15.8. The Bertz CT molecular complexity index is 657. The van der Waals surface area contributed by atoms with E-state index in [4.69, 9.17) is 5.73 Å². The average molecular weight is 470 g/mol. The lowest BCUT2D eigenvalue weighted by Gasteiger charge is -2.35. The lowest BCUT2D eigenvalue weighted by atomic mass is 9.92. The number of rotatable bonds is 5. The number of nitrogens with two attached hydrogens (primary N) is 1. The van der Waals surface area contributed by atoms with E-state index in [1.807, 2.05) is 7.05 Å². The Morgan fingerprint density at radius 2 is 2.12 bits per heavy atom. The Hall–Kier alpha value is -1.31. The number of piperidine rings is 1. The van der Waals surface area contributed by atoms with Crippen molar-refractivity contribution in [3.8, 4) is 0 Å². The molecule has 5 nitrogen and oxygen atoms in total. The summed E-state index contributed by atoms with van der Waals surface area (Å²) in [6, 6.07) is 8.70. The van der Waals surface area contributed by atoms with Crippen LogP contribution >= 0.6 is 24.0 Å². The first-order chi connectivity index (χ1) is 12.0. The van der Waals surface area contributed by atoms with Gasteiger partial charge in [0.05, 0.1) is 0 Å². The minimum absolute atomic E-state index is 0. The number of nitrogens with one attached hydrogen (secondary N) is 1. The van der Waals surface area contributed by atoms with Gasteiger partial charge in [-0.1, -0.05) is 24.3 Å². The van der Waals surface area contributed by atoms with Crippen LogP contribution in [0.4, 0.5) is 0 Å². The van der Waals surface area contributed by atoms with Crippen molar-refractivity contribution in [2.75, 3.05) is 26.7 Å². The molecule has 1 unspecified atom stereocenters. The molecule has 26 heavy (non-hydrogen) atoms. The van der Waals surface area contributed by atoms with Crippen LogP contribution < -0.4 is 11.1 Å². The van der Waals surface area contributed by atoms with E-state index in [-0.39, 0.29) is 35.3 Å². The summed E-state index contributed by atoms with van der Waals surface area (Å²) >= 11 is 0. The van der Waals surface area contributed by atoms with Crippen molar-refractivity contribution in [1.29, 1.82) is 0 Å². The largest absolute Gasteiger partial charge is 0.370 e. The van der Waals surface area contributed by atoms with Crippen LogP contribution in [-0.4, -0.2) is 43.4 Å². The summed E-state index contributed by atoms with van der Waals surface area (Å²) in [5.41, 5.74) is 8.46. The topological polar surface area (TPSA) is 70.7 Å². The van der Waals surface area contributed by atoms with Gasteiger partial charge < -0.3 is 16.0 Å². The molecule has 2 fully saturated rings. The van der Waals surface area contributed by atoms with Crippen LogP contribution in [0.15, 0.2) is 29.3 Å². The quantitative estimate of drug-likeness (QED) is 0.395. The predicted octanol–water partition coefficient (Wildman–Crippen LogP) is 2.81. The van der Waals surface area contributed by atoms with Crippen molar-refractivity contribution in [2.45, 2.75) is 44.4 Å². The minimum atomic E-state index is -0.203. The molecule has 0 bridgehead atoms. The molecular weight excluding hydrogens is 439 g/mol. The van der Waals surface area contributed by atoms with Crippen LogP contribution in [0.2, 0.25) is 0 Å². The molecule has 0 spiro atoms. The first kappa shape index (κ1) is 21.0. The van der Waals surface area contributed by atoms with Crippen LogP contribution in [0, 0.1) is 12.8 Å². The molecule has 144 valence electrons. The normalized spacial score (nSPS) is 21.7. The van der Waals surface area contributed by atoms with E-state index in [1.54, 1.807) is 0 Å². The van der Waals surface area contributed by atoms with Gasteiger partial charge in [-0.05, 0) is 49.7 Å². The van der Waals surface area contributed by atoms with Gasteiger partial charge in [0, 0.05) is 38.5 Å². The monoisotopic (exact) mass is 470 g/mol. The van der Waals surface area contributed by atoms with Crippen molar-refractivity contribution in [3.05, 3.63) is 35.4 Å². The summed E-state index contributed by atoms with van der Waals surface area (Å²) in [5.74, 6) is 1.09. The van der Waals surface area contributed by atoms with E-state index < -0.39 is 0 Å². The fourth-order valence-corrected chi connectivity index (χ4v) is 4.15. The van der Waals surface area contributed by atoms with Gasteiger partial charge in [0.15, 0.2) is 5.96 Å². The third-order valence-corrected chi connectivity index (χ3v) is 5.68. The molecule has 2 aliphatic rings. The van der Waals surface area contributed by atoms with Gasteiger partial charge in [-0.25, -0.2) is 0 Å². The smallest absolute Gasteiger partial charge is 0.217 e. The number of carbonyl (C=O) groups is 1. The molecule has 6 heteroatoms. The minimum Gasteiger partial charge on any atom is -0.370 e.